The van der Waals surface area contributed by atoms with Crippen molar-refractivity contribution in [2.24, 2.45) is 5.92 Å². The largest absolute Gasteiger partial charge is 0.342 e. The quantitative estimate of drug-likeness (QED) is 0.759. The molecule has 31 heavy (non-hydrogen) atoms. The first-order chi connectivity index (χ1) is 15.0. The molecule has 4 rings (SSSR count). The number of piperidine rings is 1. The highest BCUT2D eigenvalue weighted by atomic mass is 16.2. The molecule has 166 valence electrons. The number of benzene rings is 1. The molecule has 1 N–H and O–H groups in total. The van der Waals surface area contributed by atoms with Gasteiger partial charge in [-0.25, -0.2) is 0 Å². The van der Waals surface area contributed by atoms with Crippen LogP contribution in [-0.4, -0.2) is 57.3 Å². The summed E-state index contributed by atoms with van der Waals surface area (Å²) in [6, 6.07) is 5.04. The second-order valence-corrected chi connectivity index (χ2v) is 8.54. The van der Waals surface area contributed by atoms with Gasteiger partial charge in [0.05, 0.1) is 11.0 Å². The van der Waals surface area contributed by atoms with Gasteiger partial charge in [0.1, 0.15) is 0 Å². The molecule has 0 unspecified atom stereocenters. The minimum Gasteiger partial charge on any atom is -0.342 e. The van der Waals surface area contributed by atoms with Crippen LogP contribution >= 0.6 is 0 Å². The van der Waals surface area contributed by atoms with Crippen LogP contribution in [0.2, 0.25) is 0 Å². The Morgan fingerprint density at radius 2 is 1.65 bits per heavy atom. The van der Waals surface area contributed by atoms with Gasteiger partial charge in [0, 0.05) is 44.2 Å². The summed E-state index contributed by atoms with van der Waals surface area (Å²) in [6.45, 7) is 4.99. The van der Waals surface area contributed by atoms with Crippen molar-refractivity contribution in [1.82, 2.24) is 19.4 Å². The Balaban J connectivity index is 1.45. The predicted molar refractivity (Wildman–Crippen MR) is 118 cm³/mol. The second kappa shape index (κ2) is 9.08. The number of nitrogens with one attached hydrogen (secondary N) is 1. The lowest BCUT2D eigenvalue weighted by molar-refractivity contribution is -0.136. The number of carbonyl (C=O) groups is 2. The van der Waals surface area contributed by atoms with E-state index in [9.17, 15) is 19.2 Å². The van der Waals surface area contributed by atoms with Crippen LogP contribution in [0.3, 0.4) is 0 Å². The minimum absolute atomic E-state index is 0.00547. The normalized spacial score (nSPS) is 18.2. The maximum absolute atomic E-state index is 13.0. The van der Waals surface area contributed by atoms with E-state index in [1.54, 1.807) is 30.0 Å². The van der Waals surface area contributed by atoms with E-state index >= 15 is 0 Å². The fraction of sp³-hybridized carbons (Fsp3) is 0.565. The molecular weight excluding hydrogens is 396 g/mol. The van der Waals surface area contributed by atoms with Crippen molar-refractivity contribution in [1.29, 1.82) is 0 Å². The van der Waals surface area contributed by atoms with E-state index in [0.29, 0.717) is 49.1 Å². The van der Waals surface area contributed by atoms with Gasteiger partial charge in [0.25, 0.3) is 5.91 Å². The Hall–Kier alpha value is -2.90. The van der Waals surface area contributed by atoms with E-state index in [4.69, 9.17) is 0 Å². The number of hydrogen-bond donors (Lipinski definition) is 1. The predicted octanol–water partition coefficient (Wildman–Crippen LogP) is 1.96. The van der Waals surface area contributed by atoms with Crippen LogP contribution < -0.4 is 11.1 Å². The number of rotatable bonds is 3. The van der Waals surface area contributed by atoms with Gasteiger partial charge in [-0.1, -0.05) is 12.8 Å². The molecule has 1 aromatic carbocycles. The average molecular weight is 427 g/mol. The smallest absolute Gasteiger partial charge is 0.316 e. The lowest BCUT2D eigenvalue weighted by Gasteiger charge is -2.34. The molecule has 2 aromatic rings. The molecule has 2 amide bonds. The van der Waals surface area contributed by atoms with E-state index in [1.165, 1.54) is 17.4 Å². The zero-order valence-corrected chi connectivity index (χ0v) is 18.1. The molecule has 2 fully saturated rings. The molecule has 0 aliphatic carbocycles. The summed E-state index contributed by atoms with van der Waals surface area (Å²) >= 11 is 0. The van der Waals surface area contributed by atoms with E-state index in [1.807, 2.05) is 4.90 Å². The number of H-pyrrole nitrogens is 1. The number of aromatic amines is 1. The number of likely N-dealkylation sites (tertiary alicyclic amines) is 2. The van der Waals surface area contributed by atoms with Crippen molar-refractivity contribution in [2.45, 2.75) is 52.0 Å². The molecule has 0 spiro atoms. The summed E-state index contributed by atoms with van der Waals surface area (Å²) in [6.07, 6.45) is 5.92. The van der Waals surface area contributed by atoms with E-state index in [-0.39, 0.29) is 17.7 Å². The Morgan fingerprint density at radius 1 is 0.968 bits per heavy atom. The van der Waals surface area contributed by atoms with Gasteiger partial charge in [-0.05, 0) is 50.8 Å². The van der Waals surface area contributed by atoms with E-state index in [0.717, 1.165) is 25.9 Å². The summed E-state index contributed by atoms with van der Waals surface area (Å²) in [4.78, 5) is 56.2. The van der Waals surface area contributed by atoms with Gasteiger partial charge >= 0.3 is 11.1 Å². The molecule has 3 heterocycles. The number of fused-ring (bicyclic) bond motifs is 1. The molecule has 2 saturated heterocycles. The zero-order chi connectivity index (χ0) is 22.0. The third-order valence-electron chi connectivity index (χ3n) is 6.59. The summed E-state index contributed by atoms with van der Waals surface area (Å²) in [5.41, 5.74) is 0.271. The summed E-state index contributed by atoms with van der Waals surface area (Å²) in [5, 5.41) is 0. The standard InChI is InChI=1S/C23H30N4O4/c1-2-27-19-8-7-17(15-18(19)24-20(28)23(27)31)22(30)26-13-9-16(10-14-26)21(29)25-11-5-3-4-6-12-25/h7-8,15-16H,2-6,9-14H2,1H3,(H,24,28). The highest BCUT2D eigenvalue weighted by Crippen LogP contribution is 2.23. The van der Waals surface area contributed by atoms with Crippen molar-refractivity contribution in [3.8, 4) is 0 Å². The average Bonchev–Trinajstić information content (AvgIpc) is 3.08. The Morgan fingerprint density at radius 3 is 2.29 bits per heavy atom. The number of aromatic nitrogens is 2. The first-order valence-corrected chi connectivity index (χ1v) is 11.3. The summed E-state index contributed by atoms with van der Waals surface area (Å²) in [5.74, 6) is 0.126. The Kier molecular flexibility index (Phi) is 6.25. The molecule has 0 radical (unpaired) electrons. The van der Waals surface area contributed by atoms with Gasteiger partial charge in [-0.3, -0.25) is 19.2 Å². The van der Waals surface area contributed by atoms with Crippen LogP contribution in [0.1, 0.15) is 55.8 Å². The highest BCUT2D eigenvalue weighted by Gasteiger charge is 2.30. The van der Waals surface area contributed by atoms with Crippen molar-refractivity contribution < 1.29 is 9.59 Å². The second-order valence-electron chi connectivity index (χ2n) is 8.54. The number of amides is 2. The minimum atomic E-state index is -0.688. The van der Waals surface area contributed by atoms with Crippen LogP contribution in [0.25, 0.3) is 11.0 Å². The number of hydrogen-bond acceptors (Lipinski definition) is 4. The van der Waals surface area contributed by atoms with E-state index < -0.39 is 11.1 Å². The zero-order valence-electron chi connectivity index (χ0n) is 18.1. The molecule has 0 bridgehead atoms. The Bertz CT molecular complexity index is 1090. The monoisotopic (exact) mass is 426 g/mol. The Labute approximate surface area is 180 Å². The molecule has 2 aliphatic heterocycles. The van der Waals surface area contributed by atoms with Gasteiger partial charge in [0.15, 0.2) is 0 Å². The topological polar surface area (TPSA) is 95.5 Å². The molecule has 8 nitrogen and oxygen atoms in total. The van der Waals surface area contributed by atoms with Crippen molar-refractivity contribution in [3.05, 3.63) is 44.5 Å². The summed E-state index contributed by atoms with van der Waals surface area (Å²) in [7, 11) is 0. The fourth-order valence-electron chi connectivity index (χ4n) is 4.79. The van der Waals surface area contributed by atoms with E-state index in [2.05, 4.69) is 4.98 Å². The molecule has 2 aliphatic rings. The van der Waals surface area contributed by atoms with Crippen molar-refractivity contribution in [2.75, 3.05) is 26.2 Å². The van der Waals surface area contributed by atoms with Crippen molar-refractivity contribution in [3.63, 3.8) is 0 Å². The van der Waals surface area contributed by atoms with Crippen LogP contribution in [0, 0.1) is 5.92 Å². The lowest BCUT2D eigenvalue weighted by atomic mass is 9.94. The number of aryl methyl sites for hydroxylation is 1. The van der Waals surface area contributed by atoms with Gasteiger partial charge in [0.2, 0.25) is 5.91 Å². The molecular formula is C23H30N4O4. The van der Waals surface area contributed by atoms with Crippen LogP contribution in [0.15, 0.2) is 27.8 Å². The molecule has 1 aromatic heterocycles. The summed E-state index contributed by atoms with van der Waals surface area (Å²) < 4.78 is 1.41. The highest BCUT2D eigenvalue weighted by molar-refractivity contribution is 5.97. The maximum Gasteiger partial charge on any atom is 0.316 e. The number of carbonyl (C=O) groups excluding carboxylic acids is 2. The first-order valence-electron chi connectivity index (χ1n) is 11.3. The van der Waals surface area contributed by atoms with Gasteiger partial charge < -0.3 is 19.4 Å². The third-order valence-corrected chi connectivity index (χ3v) is 6.59. The molecule has 0 atom stereocenters. The SMILES string of the molecule is CCn1c(=O)c(=O)[nH]c2cc(C(=O)N3CCC(C(=O)N4CCCCCC4)CC3)ccc21. The number of nitrogens with zero attached hydrogens (tertiary/aromatic N) is 3. The maximum atomic E-state index is 13.0. The third kappa shape index (κ3) is 4.29. The fourth-order valence-corrected chi connectivity index (χ4v) is 4.79. The van der Waals surface area contributed by atoms with Crippen LogP contribution in [-0.2, 0) is 11.3 Å². The lowest BCUT2D eigenvalue weighted by Crippen LogP contribution is -2.44. The van der Waals surface area contributed by atoms with Gasteiger partial charge in [-0.2, -0.15) is 0 Å². The van der Waals surface area contributed by atoms with Crippen LogP contribution in [0.5, 0.6) is 0 Å². The van der Waals surface area contributed by atoms with Crippen molar-refractivity contribution >= 4 is 22.8 Å². The molecule has 8 heteroatoms. The first kappa shape index (κ1) is 21.3. The van der Waals surface area contributed by atoms with Crippen LogP contribution in [0.4, 0.5) is 0 Å². The molecule has 0 saturated carbocycles. The van der Waals surface area contributed by atoms with Gasteiger partial charge in [-0.15, -0.1) is 0 Å².